The quantitative estimate of drug-likeness (QED) is 0.766. The molecule has 1 aliphatic heterocycles. The molecule has 1 aliphatic rings. The second kappa shape index (κ2) is 8.12. The molecule has 0 radical (unpaired) electrons. The van der Waals surface area contributed by atoms with Crippen molar-refractivity contribution < 1.29 is 9.53 Å². The number of aromatic nitrogens is 2. The second-order valence-electron chi connectivity index (χ2n) is 6.54. The lowest BCUT2D eigenvalue weighted by Gasteiger charge is -2.41. The minimum atomic E-state index is -0.549. The summed E-state index contributed by atoms with van der Waals surface area (Å²) < 4.78 is 7.02. The predicted octanol–water partition coefficient (Wildman–Crippen LogP) is 2.01. The molecule has 0 atom stereocenters. The molecule has 0 spiro atoms. The summed E-state index contributed by atoms with van der Waals surface area (Å²) in [5.74, 6) is 0.0640. The highest BCUT2D eigenvalue weighted by atomic mass is 32.1. The maximum absolute atomic E-state index is 12.9. The summed E-state index contributed by atoms with van der Waals surface area (Å²) in [4.78, 5) is 22.3. The number of nitrogens with one attached hydrogen (secondary N) is 1. The van der Waals surface area contributed by atoms with Crippen molar-refractivity contribution in [3.05, 3.63) is 40.6 Å². The molecule has 1 N–H and O–H groups in total. The van der Waals surface area contributed by atoms with Gasteiger partial charge in [-0.3, -0.25) is 9.69 Å². The number of likely N-dealkylation sites (tertiary alicyclic amines) is 1. The van der Waals surface area contributed by atoms with Gasteiger partial charge in [-0.25, -0.2) is 4.98 Å². The van der Waals surface area contributed by atoms with Crippen molar-refractivity contribution >= 4 is 17.2 Å². The highest BCUT2D eigenvalue weighted by Crippen LogP contribution is 2.31. The maximum atomic E-state index is 12.9. The van der Waals surface area contributed by atoms with Crippen LogP contribution in [-0.4, -0.2) is 53.7 Å². The van der Waals surface area contributed by atoms with Crippen LogP contribution >= 0.6 is 11.3 Å². The van der Waals surface area contributed by atoms with Crippen LogP contribution in [0.3, 0.4) is 0 Å². The van der Waals surface area contributed by atoms with Crippen molar-refractivity contribution in [2.75, 3.05) is 33.4 Å². The zero-order valence-electron chi connectivity index (χ0n) is 14.9. The van der Waals surface area contributed by atoms with Gasteiger partial charge in [0.1, 0.15) is 5.54 Å². The van der Waals surface area contributed by atoms with Gasteiger partial charge in [-0.05, 0) is 31.9 Å². The summed E-state index contributed by atoms with van der Waals surface area (Å²) in [5, 5.41) is 3.02. The highest BCUT2D eigenvalue weighted by Gasteiger charge is 2.42. The number of thiophene rings is 1. The van der Waals surface area contributed by atoms with E-state index in [0.29, 0.717) is 13.2 Å². The first-order valence-electron chi connectivity index (χ1n) is 8.67. The summed E-state index contributed by atoms with van der Waals surface area (Å²) in [6, 6.07) is 4.37. The van der Waals surface area contributed by atoms with Gasteiger partial charge >= 0.3 is 0 Å². The number of carbonyl (C=O) groups is 1. The Bertz CT molecular complexity index is 675. The van der Waals surface area contributed by atoms with E-state index < -0.39 is 5.54 Å². The Morgan fingerprint density at radius 3 is 2.80 bits per heavy atom. The first-order valence-corrected chi connectivity index (χ1v) is 9.49. The fraction of sp³-hybridized carbons (Fsp3) is 0.556. The number of methoxy groups -OCH3 is 1. The molecule has 0 aliphatic carbocycles. The molecule has 2 aromatic heterocycles. The fourth-order valence-electron chi connectivity index (χ4n) is 3.42. The van der Waals surface area contributed by atoms with E-state index in [-0.39, 0.29) is 5.91 Å². The SMILES string of the molecule is COCCNC(=O)C1(n2ccnc2)CCN(Cc2ccc(C)s2)CC1. The first-order chi connectivity index (χ1) is 12.1. The van der Waals surface area contributed by atoms with E-state index in [2.05, 4.69) is 34.3 Å². The van der Waals surface area contributed by atoms with Gasteiger partial charge in [-0.15, -0.1) is 11.3 Å². The van der Waals surface area contributed by atoms with E-state index in [1.165, 1.54) is 9.75 Å². The Morgan fingerprint density at radius 2 is 2.20 bits per heavy atom. The Morgan fingerprint density at radius 1 is 1.40 bits per heavy atom. The van der Waals surface area contributed by atoms with E-state index >= 15 is 0 Å². The summed E-state index contributed by atoms with van der Waals surface area (Å²) in [6.45, 7) is 5.95. The number of amides is 1. The number of aryl methyl sites for hydroxylation is 1. The number of carbonyl (C=O) groups excluding carboxylic acids is 1. The molecular formula is C18H26N4O2S. The smallest absolute Gasteiger partial charge is 0.246 e. The topological polar surface area (TPSA) is 59.4 Å². The normalized spacial score (nSPS) is 17.5. The van der Waals surface area contributed by atoms with Crippen LogP contribution in [0.4, 0.5) is 0 Å². The van der Waals surface area contributed by atoms with Crippen LogP contribution in [-0.2, 0) is 21.6 Å². The van der Waals surface area contributed by atoms with Gasteiger partial charge in [-0.1, -0.05) is 0 Å². The Balaban J connectivity index is 1.67. The summed E-state index contributed by atoms with van der Waals surface area (Å²) in [7, 11) is 1.64. The molecule has 0 saturated carbocycles. The molecule has 1 amide bonds. The summed E-state index contributed by atoms with van der Waals surface area (Å²) in [5.41, 5.74) is -0.549. The van der Waals surface area contributed by atoms with Crippen molar-refractivity contribution in [2.24, 2.45) is 0 Å². The van der Waals surface area contributed by atoms with Crippen LogP contribution in [0.1, 0.15) is 22.6 Å². The van der Waals surface area contributed by atoms with Crippen molar-refractivity contribution in [2.45, 2.75) is 31.8 Å². The molecule has 0 unspecified atom stereocenters. The lowest BCUT2D eigenvalue weighted by Crippen LogP contribution is -2.55. The molecule has 1 saturated heterocycles. The number of nitrogens with zero attached hydrogens (tertiary/aromatic N) is 3. The number of piperidine rings is 1. The van der Waals surface area contributed by atoms with E-state index in [0.717, 1.165) is 32.5 Å². The van der Waals surface area contributed by atoms with E-state index in [9.17, 15) is 4.79 Å². The van der Waals surface area contributed by atoms with Crippen molar-refractivity contribution in [3.8, 4) is 0 Å². The number of hydrogen-bond donors (Lipinski definition) is 1. The van der Waals surface area contributed by atoms with Gasteiger partial charge in [-0.2, -0.15) is 0 Å². The largest absolute Gasteiger partial charge is 0.383 e. The number of imidazole rings is 1. The van der Waals surface area contributed by atoms with E-state index in [4.69, 9.17) is 4.74 Å². The predicted molar refractivity (Wildman–Crippen MR) is 98.7 cm³/mol. The second-order valence-corrected chi connectivity index (χ2v) is 7.91. The molecule has 136 valence electrons. The monoisotopic (exact) mass is 362 g/mol. The summed E-state index contributed by atoms with van der Waals surface area (Å²) in [6.07, 6.45) is 6.96. The van der Waals surface area contributed by atoms with Crippen LogP contribution < -0.4 is 5.32 Å². The maximum Gasteiger partial charge on any atom is 0.246 e. The Labute approximate surface area is 152 Å². The van der Waals surface area contributed by atoms with E-state index in [1.807, 2.05) is 22.1 Å². The average Bonchev–Trinajstić information content (AvgIpc) is 3.28. The van der Waals surface area contributed by atoms with Gasteiger partial charge < -0.3 is 14.6 Å². The van der Waals surface area contributed by atoms with Crippen LogP contribution in [0.25, 0.3) is 0 Å². The average molecular weight is 362 g/mol. The fourth-order valence-corrected chi connectivity index (χ4v) is 4.35. The third-order valence-corrected chi connectivity index (χ3v) is 5.86. The third-order valence-electron chi connectivity index (χ3n) is 4.87. The molecule has 7 heteroatoms. The number of hydrogen-bond acceptors (Lipinski definition) is 5. The van der Waals surface area contributed by atoms with Gasteiger partial charge in [0.25, 0.3) is 0 Å². The van der Waals surface area contributed by atoms with Crippen molar-refractivity contribution in [3.63, 3.8) is 0 Å². The minimum Gasteiger partial charge on any atom is -0.383 e. The van der Waals surface area contributed by atoms with Crippen LogP contribution in [0.2, 0.25) is 0 Å². The Kier molecular flexibility index (Phi) is 5.88. The molecule has 3 rings (SSSR count). The summed E-state index contributed by atoms with van der Waals surface area (Å²) >= 11 is 1.85. The molecule has 1 fully saturated rings. The van der Waals surface area contributed by atoms with Crippen LogP contribution in [0, 0.1) is 6.92 Å². The van der Waals surface area contributed by atoms with Crippen LogP contribution in [0.15, 0.2) is 30.9 Å². The van der Waals surface area contributed by atoms with Gasteiger partial charge in [0.2, 0.25) is 5.91 Å². The third kappa shape index (κ3) is 4.11. The van der Waals surface area contributed by atoms with Gasteiger partial charge in [0.15, 0.2) is 0 Å². The lowest BCUT2D eigenvalue weighted by atomic mass is 9.86. The standard InChI is InChI=1S/C18H26N4O2S/c1-15-3-4-16(25-15)13-21-9-5-18(6-10-21,22-11-7-19-14-22)17(23)20-8-12-24-2/h3-4,7,11,14H,5-6,8-10,12-13H2,1-2H3,(H,20,23). The van der Waals surface area contributed by atoms with Crippen molar-refractivity contribution in [1.29, 1.82) is 0 Å². The molecule has 0 aromatic carbocycles. The van der Waals surface area contributed by atoms with E-state index in [1.54, 1.807) is 19.6 Å². The Hall–Kier alpha value is -1.70. The lowest BCUT2D eigenvalue weighted by molar-refractivity contribution is -0.132. The van der Waals surface area contributed by atoms with Gasteiger partial charge in [0.05, 0.1) is 12.9 Å². The molecule has 0 bridgehead atoms. The number of rotatable bonds is 7. The molecule has 2 aromatic rings. The van der Waals surface area contributed by atoms with Crippen molar-refractivity contribution in [1.82, 2.24) is 19.8 Å². The van der Waals surface area contributed by atoms with Crippen LogP contribution in [0.5, 0.6) is 0 Å². The molecule has 6 nitrogen and oxygen atoms in total. The molecule has 3 heterocycles. The number of ether oxygens (including phenoxy) is 1. The molecule has 25 heavy (non-hydrogen) atoms. The zero-order valence-corrected chi connectivity index (χ0v) is 15.7. The minimum absolute atomic E-state index is 0.0640. The molecular weight excluding hydrogens is 336 g/mol. The zero-order chi connectivity index (χ0) is 17.7. The van der Waals surface area contributed by atoms with Gasteiger partial charge in [0, 0.05) is 55.4 Å². The first kappa shape index (κ1) is 18.1. The highest BCUT2D eigenvalue weighted by molar-refractivity contribution is 7.11.